The zero-order valence-corrected chi connectivity index (χ0v) is 9.79. The highest BCUT2D eigenvalue weighted by Crippen LogP contribution is 2.21. The SMILES string of the molecule is CSc1cccc(Nc2ccc(N)cn2)c1. The van der Waals surface area contributed by atoms with Gasteiger partial charge in [0.25, 0.3) is 0 Å². The Balaban J connectivity index is 2.16. The summed E-state index contributed by atoms with van der Waals surface area (Å²) in [6.07, 6.45) is 3.70. The molecule has 4 heteroatoms. The highest BCUT2D eigenvalue weighted by molar-refractivity contribution is 7.98. The van der Waals surface area contributed by atoms with Gasteiger partial charge in [0, 0.05) is 10.6 Å². The summed E-state index contributed by atoms with van der Waals surface area (Å²) in [5.74, 6) is 0.799. The molecule has 1 aromatic carbocycles. The summed E-state index contributed by atoms with van der Waals surface area (Å²) in [5, 5.41) is 3.23. The molecule has 0 amide bonds. The van der Waals surface area contributed by atoms with Crippen LogP contribution in [0.15, 0.2) is 47.5 Å². The van der Waals surface area contributed by atoms with Crippen molar-refractivity contribution >= 4 is 29.0 Å². The van der Waals surface area contributed by atoms with E-state index in [0.717, 1.165) is 11.5 Å². The van der Waals surface area contributed by atoms with Crippen LogP contribution in [0.5, 0.6) is 0 Å². The second-order valence-electron chi connectivity index (χ2n) is 3.33. The molecule has 2 aromatic rings. The fourth-order valence-electron chi connectivity index (χ4n) is 1.33. The topological polar surface area (TPSA) is 50.9 Å². The van der Waals surface area contributed by atoms with Crippen LogP contribution in [0.25, 0.3) is 0 Å². The van der Waals surface area contributed by atoms with E-state index >= 15 is 0 Å². The number of pyridine rings is 1. The number of thioether (sulfide) groups is 1. The Kier molecular flexibility index (Phi) is 3.31. The van der Waals surface area contributed by atoms with E-state index in [1.165, 1.54) is 4.90 Å². The smallest absolute Gasteiger partial charge is 0.130 e. The number of nitrogen functional groups attached to an aromatic ring is 1. The van der Waals surface area contributed by atoms with E-state index in [1.807, 2.05) is 24.3 Å². The van der Waals surface area contributed by atoms with E-state index < -0.39 is 0 Å². The fraction of sp³-hybridized carbons (Fsp3) is 0.0833. The number of nitrogens with one attached hydrogen (secondary N) is 1. The molecule has 0 aliphatic carbocycles. The van der Waals surface area contributed by atoms with E-state index in [2.05, 4.69) is 28.7 Å². The van der Waals surface area contributed by atoms with Crippen molar-refractivity contribution in [3.63, 3.8) is 0 Å². The van der Waals surface area contributed by atoms with Crippen LogP contribution < -0.4 is 11.1 Å². The molecule has 0 aliphatic heterocycles. The molecule has 0 atom stereocenters. The van der Waals surface area contributed by atoms with Gasteiger partial charge >= 0.3 is 0 Å². The van der Waals surface area contributed by atoms with Gasteiger partial charge in [-0.1, -0.05) is 6.07 Å². The van der Waals surface area contributed by atoms with Crippen LogP contribution in [0.3, 0.4) is 0 Å². The van der Waals surface area contributed by atoms with Crippen molar-refractivity contribution in [2.24, 2.45) is 0 Å². The molecular weight excluding hydrogens is 218 g/mol. The lowest BCUT2D eigenvalue weighted by atomic mass is 10.3. The Morgan fingerprint density at radius 1 is 1.25 bits per heavy atom. The summed E-state index contributed by atoms with van der Waals surface area (Å²) in [6, 6.07) is 11.9. The van der Waals surface area contributed by atoms with Crippen LogP contribution in [0.2, 0.25) is 0 Å². The van der Waals surface area contributed by atoms with Crippen molar-refractivity contribution in [3.8, 4) is 0 Å². The number of hydrogen-bond donors (Lipinski definition) is 2. The third-order valence-corrected chi connectivity index (χ3v) is 2.85. The minimum Gasteiger partial charge on any atom is -0.397 e. The maximum Gasteiger partial charge on any atom is 0.130 e. The van der Waals surface area contributed by atoms with E-state index in [4.69, 9.17) is 5.73 Å². The van der Waals surface area contributed by atoms with Gasteiger partial charge < -0.3 is 11.1 Å². The summed E-state index contributed by atoms with van der Waals surface area (Å²) in [5.41, 5.74) is 7.27. The molecule has 0 aliphatic rings. The minimum absolute atomic E-state index is 0.670. The van der Waals surface area contributed by atoms with Crippen molar-refractivity contribution in [1.29, 1.82) is 0 Å². The number of hydrogen-bond acceptors (Lipinski definition) is 4. The minimum atomic E-state index is 0.670. The molecule has 0 unspecified atom stereocenters. The average Bonchev–Trinajstić information content (AvgIpc) is 2.32. The van der Waals surface area contributed by atoms with Gasteiger partial charge in [0.05, 0.1) is 11.9 Å². The first-order chi connectivity index (χ1) is 7.78. The van der Waals surface area contributed by atoms with E-state index in [9.17, 15) is 0 Å². The number of benzene rings is 1. The molecule has 2 rings (SSSR count). The Labute approximate surface area is 99.1 Å². The lowest BCUT2D eigenvalue weighted by Gasteiger charge is -2.06. The Hall–Kier alpha value is -1.68. The average molecular weight is 231 g/mol. The van der Waals surface area contributed by atoms with Gasteiger partial charge in [0.1, 0.15) is 5.82 Å². The van der Waals surface area contributed by atoms with Crippen molar-refractivity contribution in [2.75, 3.05) is 17.3 Å². The molecule has 1 aromatic heterocycles. The van der Waals surface area contributed by atoms with E-state index in [-0.39, 0.29) is 0 Å². The monoisotopic (exact) mass is 231 g/mol. The highest BCUT2D eigenvalue weighted by Gasteiger charge is 1.97. The molecule has 1 heterocycles. The molecular formula is C12H13N3S. The molecule has 0 bridgehead atoms. The molecule has 3 N–H and O–H groups in total. The standard InChI is InChI=1S/C12H13N3S/c1-16-11-4-2-3-10(7-11)15-12-6-5-9(13)8-14-12/h2-8H,13H2,1H3,(H,14,15). The first-order valence-corrected chi connectivity index (χ1v) is 6.13. The van der Waals surface area contributed by atoms with Crippen LogP contribution in [0.1, 0.15) is 0 Å². The van der Waals surface area contributed by atoms with Crippen LogP contribution >= 0.6 is 11.8 Å². The molecule has 0 saturated carbocycles. The zero-order chi connectivity index (χ0) is 11.4. The second kappa shape index (κ2) is 4.90. The summed E-state index contributed by atoms with van der Waals surface area (Å²) in [6.45, 7) is 0. The number of aromatic nitrogens is 1. The molecule has 82 valence electrons. The van der Waals surface area contributed by atoms with Crippen LogP contribution in [-0.4, -0.2) is 11.2 Å². The van der Waals surface area contributed by atoms with Gasteiger partial charge in [0.2, 0.25) is 0 Å². The summed E-state index contributed by atoms with van der Waals surface area (Å²) < 4.78 is 0. The van der Waals surface area contributed by atoms with Gasteiger partial charge in [-0.2, -0.15) is 0 Å². The molecule has 0 radical (unpaired) electrons. The Morgan fingerprint density at radius 2 is 2.12 bits per heavy atom. The van der Waals surface area contributed by atoms with Crippen molar-refractivity contribution in [2.45, 2.75) is 4.90 Å². The van der Waals surface area contributed by atoms with Gasteiger partial charge in [-0.15, -0.1) is 11.8 Å². The van der Waals surface area contributed by atoms with Crippen LogP contribution in [-0.2, 0) is 0 Å². The van der Waals surface area contributed by atoms with Crippen molar-refractivity contribution in [3.05, 3.63) is 42.6 Å². The quantitative estimate of drug-likeness (QED) is 0.797. The number of nitrogens with zero attached hydrogens (tertiary/aromatic N) is 1. The van der Waals surface area contributed by atoms with Crippen LogP contribution in [0.4, 0.5) is 17.2 Å². The number of nitrogens with two attached hydrogens (primary N) is 1. The van der Waals surface area contributed by atoms with Gasteiger partial charge in [-0.05, 0) is 36.6 Å². The summed E-state index contributed by atoms with van der Waals surface area (Å²) in [4.78, 5) is 5.41. The zero-order valence-electron chi connectivity index (χ0n) is 8.97. The second-order valence-corrected chi connectivity index (χ2v) is 4.21. The first kappa shape index (κ1) is 10.8. The summed E-state index contributed by atoms with van der Waals surface area (Å²) in [7, 11) is 0. The first-order valence-electron chi connectivity index (χ1n) is 4.90. The largest absolute Gasteiger partial charge is 0.397 e. The maximum atomic E-state index is 5.57. The predicted octanol–water partition coefficient (Wildman–Crippen LogP) is 3.13. The lowest BCUT2D eigenvalue weighted by Crippen LogP contribution is -1.94. The van der Waals surface area contributed by atoms with Gasteiger partial charge in [-0.25, -0.2) is 4.98 Å². The van der Waals surface area contributed by atoms with Crippen LogP contribution in [0, 0.1) is 0 Å². The fourth-order valence-corrected chi connectivity index (χ4v) is 1.79. The molecule has 0 fully saturated rings. The van der Waals surface area contributed by atoms with Crippen molar-refractivity contribution < 1.29 is 0 Å². The number of anilines is 3. The Morgan fingerprint density at radius 3 is 2.81 bits per heavy atom. The highest BCUT2D eigenvalue weighted by atomic mass is 32.2. The maximum absolute atomic E-state index is 5.57. The molecule has 16 heavy (non-hydrogen) atoms. The molecule has 0 spiro atoms. The van der Waals surface area contributed by atoms with E-state index in [1.54, 1.807) is 18.0 Å². The molecule has 3 nitrogen and oxygen atoms in total. The normalized spacial score (nSPS) is 10.1. The summed E-state index contributed by atoms with van der Waals surface area (Å²) >= 11 is 1.72. The number of rotatable bonds is 3. The predicted molar refractivity (Wildman–Crippen MR) is 70.2 cm³/mol. The van der Waals surface area contributed by atoms with Gasteiger partial charge in [0.15, 0.2) is 0 Å². The third kappa shape index (κ3) is 2.67. The van der Waals surface area contributed by atoms with E-state index in [0.29, 0.717) is 5.69 Å². The van der Waals surface area contributed by atoms with Gasteiger partial charge in [-0.3, -0.25) is 0 Å². The third-order valence-electron chi connectivity index (χ3n) is 2.13. The van der Waals surface area contributed by atoms with Crippen molar-refractivity contribution in [1.82, 2.24) is 4.98 Å². The Bertz CT molecular complexity index is 468. The molecule has 0 saturated heterocycles. The lowest BCUT2D eigenvalue weighted by molar-refractivity contribution is 1.30.